The minimum Gasteiger partial charge on any atom is -0.453 e. The molecule has 1 N–H and O–H groups in total. The van der Waals surface area contributed by atoms with Gasteiger partial charge in [0.25, 0.3) is 5.91 Å². The highest BCUT2D eigenvalue weighted by Gasteiger charge is 2.54. The highest BCUT2D eigenvalue weighted by Crippen LogP contribution is 2.52. The number of carbonyl (C=O) groups is 2. The number of alkyl carbamates (subject to hydrolysis) is 1. The van der Waals surface area contributed by atoms with E-state index in [1.54, 1.807) is 17.0 Å². The van der Waals surface area contributed by atoms with E-state index < -0.39 is 44.0 Å². The zero-order chi connectivity index (χ0) is 39.0. The second kappa shape index (κ2) is 16.0. The molecule has 2 amide bonds. The topological polar surface area (TPSA) is 103 Å². The number of amides is 2. The maximum Gasteiger partial charge on any atom is 0.407 e. The first-order chi connectivity index (χ1) is 26.3. The first-order valence-electron chi connectivity index (χ1n) is 19.6. The van der Waals surface area contributed by atoms with Crippen LogP contribution in [0.3, 0.4) is 0 Å². The third-order valence-electron chi connectivity index (χ3n) is 12.9. The molecule has 0 spiro atoms. The van der Waals surface area contributed by atoms with Gasteiger partial charge in [-0.3, -0.25) is 9.69 Å². The molecule has 4 heterocycles. The van der Waals surface area contributed by atoms with Gasteiger partial charge in [-0.05, 0) is 125 Å². The van der Waals surface area contributed by atoms with E-state index in [4.69, 9.17) is 4.74 Å². The van der Waals surface area contributed by atoms with E-state index >= 15 is 8.78 Å². The number of hydrogen-bond donors (Lipinski definition) is 1. The summed E-state index contributed by atoms with van der Waals surface area (Å²) in [5.74, 6) is 3.78. The summed E-state index contributed by atoms with van der Waals surface area (Å²) in [5.41, 5.74) is -0.873. The average molecular weight is 784 g/mol. The second-order valence-corrected chi connectivity index (χ2v) is 18.4. The molecule has 2 aromatic rings. The Hall–Kier alpha value is -3.80. The van der Waals surface area contributed by atoms with E-state index in [-0.39, 0.29) is 73.4 Å². The minimum atomic E-state index is -3.90. The van der Waals surface area contributed by atoms with Gasteiger partial charge in [0.2, 0.25) is 0 Å². The Morgan fingerprint density at radius 3 is 2.38 bits per heavy atom. The summed E-state index contributed by atoms with van der Waals surface area (Å²) in [7, 11) is -2.53. The van der Waals surface area contributed by atoms with Crippen LogP contribution in [0.2, 0.25) is 0 Å². The van der Waals surface area contributed by atoms with Crippen LogP contribution in [0, 0.1) is 35.3 Å². The van der Waals surface area contributed by atoms with Gasteiger partial charge in [0.1, 0.15) is 11.6 Å². The summed E-state index contributed by atoms with van der Waals surface area (Å²) < 4.78 is 78.4. The smallest absolute Gasteiger partial charge is 0.407 e. The van der Waals surface area contributed by atoms with Crippen LogP contribution in [0.4, 0.5) is 23.7 Å². The van der Waals surface area contributed by atoms with Crippen molar-refractivity contribution in [2.45, 2.75) is 79.1 Å². The van der Waals surface area contributed by atoms with E-state index in [2.05, 4.69) is 27.0 Å². The van der Waals surface area contributed by atoms with Crippen LogP contribution in [0.5, 0.6) is 0 Å². The maximum absolute atomic E-state index is 16.3. The van der Waals surface area contributed by atoms with E-state index in [0.717, 1.165) is 69.8 Å². The summed E-state index contributed by atoms with van der Waals surface area (Å²) >= 11 is 0. The van der Waals surface area contributed by atoms with Crippen LogP contribution in [0.1, 0.15) is 57.4 Å². The predicted molar refractivity (Wildman–Crippen MR) is 203 cm³/mol. The fourth-order valence-electron chi connectivity index (χ4n) is 10.1. The molecule has 5 aliphatic rings. The molecule has 1 aliphatic carbocycles. The Balaban J connectivity index is 1.01. The summed E-state index contributed by atoms with van der Waals surface area (Å²) in [4.78, 5) is 32.1. The molecule has 4 atom stereocenters. The SMILES string of the molecule is CC#CC(=O)N1CC[C@H](S(=O)(=O)c2ccc(N3CC(F)(CN4CCC([C@@](CN5CCC5)(c5cccc(F)c5)[C@H]5CCC[C@@H]5NC(=O)OC)CC4)C3)c(F)c2)C1. The number of nitrogens with one attached hydrogen (secondary N) is 1. The van der Waals surface area contributed by atoms with Crippen molar-refractivity contribution in [3.05, 3.63) is 59.7 Å². The van der Waals surface area contributed by atoms with Gasteiger partial charge >= 0.3 is 6.09 Å². The van der Waals surface area contributed by atoms with Crippen LogP contribution in [-0.4, -0.2) is 125 Å². The number of ether oxygens (including phenoxy) is 1. The summed E-state index contributed by atoms with van der Waals surface area (Å²) in [6, 6.07) is 10.6. The van der Waals surface area contributed by atoms with Gasteiger partial charge in [-0.15, -0.1) is 0 Å². The van der Waals surface area contributed by atoms with Crippen LogP contribution in [0.15, 0.2) is 47.4 Å². The second-order valence-electron chi connectivity index (χ2n) is 16.2. The molecule has 7 rings (SSSR count). The molecule has 298 valence electrons. The highest BCUT2D eigenvalue weighted by atomic mass is 32.2. The van der Waals surface area contributed by atoms with E-state index in [9.17, 15) is 22.4 Å². The molecule has 4 aliphatic heterocycles. The standard InChI is InChI=1S/C41H52F3N5O5S/c1-3-7-38(50)48-21-16-33(24-48)55(52,53)32-12-13-37(35(43)23-32)49-26-40(44,27-49)25-47-19-14-29(15-20-47)41(28-46-17-6-18-46,30-8-4-9-31(42)22-30)34-10-5-11-36(34)45-39(51)54-2/h4,8-9,12-13,22-23,29,33-34,36H,5-6,10-11,14-21,24-28H2,1-2H3,(H,45,51)/t33-,34-,36-,41-/m0/s1. The number of benzene rings is 2. The van der Waals surface area contributed by atoms with Crippen molar-refractivity contribution < 1.29 is 35.9 Å². The van der Waals surface area contributed by atoms with Crippen molar-refractivity contribution in [3.8, 4) is 11.8 Å². The largest absolute Gasteiger partial charge is 0.453 e. The Morgan fingerprint density at radius 2 is 1.73 bits per heavy atom. The van der Waals surface area contributed by atoms with Crippen molar-refractivity contribution in [1.29, 1.82) is 0 Å². The lowest BCUT2D eigenvalue weighted by Gasteiger charge is -2.54. The van der Waals surface area contributed by atoms with E-state index in [0.29, 0.717) is 13.1 Å². The zero-order valence-electron chi connectivity index (χ0n) is 31.7. The Morgan fingerprint density at radius 1 is 0.964 bits per heavy atom. The molecule has 14 heteroatoms. The number of halogens is 3. The van der Waals surface area contributed by atoms with Crippen LogP contribution < -0.4 is 10.2 Å². The predicted octanol–water partition coefficient (Wildman–Crippen LogP) is 4.77. The highest BCUT2D eigenvalue weighted by molar-refractivity contribution is 7.92. The van der Waals surface area contributed by atoms with Gasteiger partial charge in [-0.2, -0.15) is 0 Å². The monoisotopic (exact) mass is 783 g/mol. The van der Waals surface area contributed by atoms with Crippen molar-refractivity contribution >= 4 is 27.5 Å². The first-order valence-corrected chi connectivity index (χ1v) is 21.1. The molecule has 0 bridgehead atoms. The Labute approximate surface area is 322 Å². The Kier molecular flexibility index (Phi) is 11.5. The number of hydrogen-bond acceptors (Lipinski definition) is 8. The summed E-state index contributed by atoms with van der Waals surface area (Å²) in [6.45, 7) is 6.02. The molecular weight excluding hydrogens is 732 g/mol. The molecule has 0 radical (unpaired) electrons. The van der Waals surface area contributed by atoms with Crippen molar-refractivity contribution in [3.63, 3.8) is 0 Å². The number of alkyl halides is 1. The van der Waals surface area contributed by atoms with Crippen molar-refractivity contribution in [1.82, 2.24) is 20.0 Å². The van der Waals surface area contributed by atoms with Crippen LogP contribution >= 0.6 is 0 Å². The number of piperidine rings is 1. The first kappa shape index (κ1) is 39.4. The number of likely N-dealkylation sites (tertiary alicyclic amines) is 3. The zero-order valence-corrected chi connectivity index (χ0v) is 32.6. The molecule has 4 saturated heterocycles. The lowest BCUT2D eigenvalue weighted by atomic mass is 9.57. The number of carbonyl (C=O) groups excluding carboxylic acids is 2. The van der Waals surface area contributed by atoms with Gasteiger partial charge in [0.05, 0.1) is 36.0 Å². The normalized spacial score (nSPS) is 25.7. The molecule has 5 fully saturated rings. The molecule has 1 saturated carbocycles. The van der Waals surface area contributed by atoms with Gasteiger partial charge in [-0.1, -0.05) is 24.5 Å². The molecular formula is C41H52F3N5O5S. The average Bonchev–Trinajstić information content (AvgIpc) is 3.82. The summed E-state index contributed by atoms with van der Waals surface area (Å²) in [6.07, 6.45) is 5.16. The molecule has 0 unspecified atom stereocenters. The lowest BCUT2D eigenvalue weighted by molar-refractivity contribution is -0.124. The summed E-state index contributed by atoms with van der Waals surface area (Å²) in [5, 5.41) is 2.26. The minimum absolute atomic E-state index is 0.00486. The number of sulfone groups is 1. The maximum atomic E-state index is 16.3. The molecule has 55 heavy (non-hydrogen) atoms. The quantitative estimate of drug-likeness (QED) is 0.326. The van der Waals surface area contributed by atoms with Crippen molar-refractivity contribution in [2.75, 3.05) is 77.5 Å². The molecule has 2 aromatic carbocycles. The van der Waals surface area contributed by atoms with Gasteiger partial charge in [-0.25, -0.2) is 26.4 Å². The number of methoxy groups -OCH3 is 1. The fourth-order valence-corrected chi connectivity index (χ4v) is 11.8. The third-order valence-corrected chi connectivity index (χ3v) is 15.1. The van der Waals surface area contributed by atoms with Gasteiger partial charge in [0.15, 0.2) is 15.5 Å². The number of nitrogens with zero attached hydrogens (tertiary/aromatic N) is 4. The molecule has 10 nitrogen and oxygen atoms in total. The van der Waals surface area contributed by atoms with E-state index in [1.165, 1.54) is 37.1 Å². The Bertz CT molecular complexity index is 1920. The fraction of sp³-hybridized carbons (Fsp3) is 0.610. The van der Waals surface area contributed by atoms with E-state index in [1.807, 2.05) is 6.07 Å². The van der Waals surface area contributed by atoms with Crippen LogP contribution in [-0.2, 0) is 24.8 Å². The lowest BCUT2D eigenvalue weighted by Crippen LogP contribution is -2.65. The third kappa shape index (κ3) is 7.94. The van der Waals surface area contributed by atoms with Gasteiger partial charge < -0.3 is 24.8 Å². The number of anilines is 1. The molecule has 0 aromatic heterocycles. The van der Waals surface area contributed by atoms with Crippen LogP contribution in [0.25, 0.3) is 0 Å². The number of rotatable bonds is 11. The van der Waals surface area contributed by atoms with Gasteiger partial charge in [0, 0.05) is 37.6 Å². The van der Waals surface area contributed by atoms with Crippen molar-refractivity contribution in [2.24, 2.45) is 11.8 Å².